The van der Waals surface area contributed by atoms with Crippen LogP contribution in [0.2, 0.25) is 0 Å². The summed E-state index contributed by atoms with van der Waals surface area (Å²) in [4.78, 5) is 26.9. The van der Waals surface area contributed by atoms with Crippen molar-refractivity contribution in [1.29, 1.82) is 5.26 Å². The molecule has 0 aromatic carbocycles. The highest BCUT2D eigenvalue weighted by Gasteiger charge is 2.09. The van der Waals surface area contributed by atoms with Crippen LogP contribution in [0, 0.1) is 18.3 Å². The third-order valence-corrected chi connectivity index (χ3v) is 2.42. The van der Waals surface area contributed by atoms with Crippen molar-refractivity contribution < 1.29 is 4.79 Å². The number of rotatable bonds is 3. The van der Waals surface area contributed by atoms with E-state index < -0.39 is 5.91 Å². The predicted octanol–water partition coefficient (Wildman–Crippen LogP) is -0.0460. The zero-order chi connectivity index (χ0) is 12.1. The Hall–Kier alpha value is -1.68. The zero-order valence-electron chi connectivity index (χ0n) is 8.53. The van der Waals surface area contributed by atoms with Crippen molar-refractivity contribution in [3.63, 3.8) is 0 Å². The number of hydrogen-bond acceptors (Lipinski definition) is 4. The molecule has 0 saturated heterocycles. The van der Waals surface area contributed by atoms with Crippen LogP contribution in [-0.4, -0.2) is 22.0 Å². The quantitative estimate of drug-likeness (QED) is 0.789. The van der Waals surface area contributed by atoms with Crippen molar-refractivity contribution in [2.75, 3.05) is 6.54 Å². The van der Waals surface area contributed by atoms with Crippen LogP contribution in [0.4, 0.5) is 0 Å². The first kappa shape index (κ1) is 12.4. The van der Waals surface area contributed by atoms with Crippen LogP contribution in [0.3, 0.4) is 0 Å². The van der Waals surface area contributed by atoms with Gasteiger partial charge in [0.25, 0.3) is 5.56 Å². The summed E-state index contributed by atoms with van der Waals surface area (Å²) in [5, 5.41) is 10.6. The van der Waals surface area contributed by atoms with Gasteiger partial charge in [-0.2, -0.15) is 5.26 Å². The predicted molar refractivity (Wildman–Crippen MR) is 59.6 cm³/mol. The lowest BCUT2D eigenvalue weighted by atomic mass is 10.4. The lowest BCUT2D eigenvalue weighted by Gasteiger charge is -2.08. The van der Waals surface area contributed by atoms with Gasteiger partial charge in [0.05, 0.1) is 6.07 Å². The SMILES string of the molecule is Cc1ncc(Br)c(=O)n1CC(=O)NCC#N. The number of carbonyl (C=O) groups excluding carboxylic acids is 1. The van der Waals surface area contributed by atoms with E-state index in [1.54, 1.807) is 13.0 Å². The van der Waals surface area contributed by atoms with Crippen LogP contribution in [0.1, 0.15) is 5.82 Å². The standard InChI is InChI=1S/C9H9BrN4O2/c1-6-13-4-7(10)9(16)14(6)5-8(15)12-3-2-11/h4H,3,5H2,1H3,(H,12,15). The van der Waals surface area contributed by atoms with Crippen molar-refractivity contribution in [2.24, 2.45) is 0 Å². The molecule has 0 unspecified atom stereocenters. The third-order valence-electron chi connectivity index (χ3n) is 1.87. The molecule has 0 radical (unpaired) electrons. The van der Waals surface area contributed by atoms with E-state index >= 15 is 0 Å². The second-order valence-corrected chi connectivity index (χ2v) is 3.83. The van der Waals surface area contributed by atoms with Gasteiger partial charge in [0.1, 0.15) is 23.4 Å². The van der Waals surface area contributed by atoms with E-state index in [2.05, 4.69) is 26.2 Å². The maximum Gasteiger partial charge on any atom is 0.268 e. The lowest BCUT2D eigenvalue weighted by Crippen LogP contribution is -2.34. The molecule has 1 amide bonds. The Morgan fingerprint density at radius 2 is 2.44 bits per heavy atom. The first-order valence-electron chi connectivity index (χ1n) is 4.42. The Bertz CT molecular complexity index is 503. The highest BCUT2D eigenvalue weighted by atomic mass is 79.9. The maximum atomic E-state index is 11.6. The fourth-order valence-electron chi connectivity index (χ4n) is 1.07. The number of nitriles is 1. The molecule has 84 valence electrons. The summed E-state index contributed by atoms with van der Waals surface area (Å²) in [6, 6.07) is 1.78. The average Bonchev–Trinajstić information content (AvgIpc) is 2.27. The van der Waals surface area contributed by atoms with Crippen LogP contribution < -0.4 is 10.9 Å². The summed E-state index contributed by atoms with van der Waals surface area (Å²) < 4.78 is 1.53. The van der Waals surface area contributed by atoms with Gasteiger partial charge < -0.3 is 5.32 Å². The molecule has 16 heavy (non-hydrogen) atoms. The van der Waals surface area contributed by atoms with Crippen LogP contribution in [0.25, 0.3) is 0 Å². The number of carbonyl (C=O) groups is 1. The zero-order valence-corrected chi connectivity index (χ0v) is 10.1. The Morgan fingerprint density at radius 1 is 1.75 bits per heavy atom. The molecule has 0 spiro atoms. The Labute approximate surface area is 100 Å². The molecule has 6 nitrogen and oxygen atoms in total. The van der Waals surface area contributed by atoms with Gasteiger partial charge in [-0.3, -0.25) is 14.2 Å². The van der Waals surface area contributed by atoms with E-state index in [0.29, 0.717) is 10.3 Å². The Balaban J connectivity index is 2.90. The monoisotopic (exact) mass is 284 g/mol. The van der Waals surface area contributed by atoms with Crippen molar-refractivity contribution in [3.8, 4) is 6.07 Å². The van der Waals surface area contributed by atoms with Crippen molar-refractivity contribution in [2.45, 2.75) is 13.5 Å². The fraction of sp³-hybridized carbons (Fsp3) is 0.333. The van der Waals surface area contributed by atoms with Crippen molar-refractivity contribution in [1.82, 2.24) is 14.9 Å². The molecule has 1 rings (SSSR count). The van der Waals surface area contributed by atoms with Gasteiger partial charge in [0.2, 0.25) is 5.91 Å². The normalized spacial score (nSPS) is 9.56. The van der Waals surface area contributed by atoms with Crippen LogP contribution in [-0.2, 0) is 11.3 Å². The largest absolute Gasteiger partial charge is 0.341 e. The molecule has 1 aromatic heterocycles. The molecule has 1 N–H and O–H groups in total. The summed E-state index contributed by atoms with van der Waals surface area (Å²) >= 11 is 3.04. The van der Waals surface area contributed by atoms with Gasteiger partial charge in [0.15, 0.2) is 0 Å². The molecule has 0 atom stereocenters. The number of halogens is 1. The van der Waals surface area contributed by atoms with Crippen molar-refractivity contribution >= 4 is 21.8 Å². The smallest absolute Gasteiger partial charge is 0.268 e. The number of aromatic nitrogens is 2. The van der Waals surface area contributed by atoms with Gasteiger partial charge >= 0.3 is 0 Å². The second kappa shape index (κ2) is 5.42. The van der Waals surface area contributed by atoms with E-state index in [1.165, 1.54) is 10.8 Å². The third kappa shape index (κ3) is 2.90. The summed E-state index contributed by atoms with van der Waals surface area (Å²) in [6.07, 6.45) is 1.39. The second-order valence-electron chi connectivity index (χ2n) is 2.98. The first-order valence-corrected chi connectivity index (χ1v) is 5.21. The lowest BCUT2D eigenvalue weighted by molar-refractivity contribution is -0.121. The van der Waals surface area contributed by atoms with Gasteiger partial charge in [0, 0.05) is 6.20 Å². The van der Waals surface area contributed by atoms with Gasteiger partial charge in [-0.25, -0.2) is 4.98 Å². The minimum atomic E-state index is -0.397. The molecule has 0 saturated carbocycles. The number of aryl methyl sites for hydroxylation is 1. The van der Waals surface area contributed by atoms with E-state index in [4.69, 9.17) is 5.26 Å². The topological polar surface area (TPSA) is 87.8 Å². The molecule has 0 aliphatic carbocycles. The maximum absolute atomic E-state index is 11.6. The fourth-order valence-corrected chi connectivity index (χ4v) is 1.39. The number of amides is 1. The molecular weight excluding hydrogens is 276 g/mol. The molecular formula is C9H9BrN4O2. The summed E-state index contributed by atoms with van der Waals surface area (Å²) in [5.74, 6) is 0.0481. The van der Waals surface area contributed by atoms with Gasteiger partial charge in [-0.15, -0.1) is 0 Å². The summed E-state index contributed by atoms with van der Waals surface area (Å²) in [6.45, 7) is 1.41. The van der Waals surface area contributed by atoms with Crippen LogP contribution in [0.5, 0.6) is 0 Å². The van der Waals surface area contributed by atoms with Gasteiger partial charge in [-0.1, -0.05) is 0 Å². The molecule has 0 aliphatic rings. The molecule has 7 heteroatoms. The van der Waals surface area contributed by atoms with Crippen molar-refractivity contribution in [3.05, 3.63) is 26.8 Å². The minimum Gasteiger partial charge on any atom is -0.341 e. The highest BCUT2D eigenvalue weighted by Crippen LogP contribution is 2.01. The van der Waals surface area contributed by atoms with Crippen LogP contribution >= 0.6 is 15.9 Å². The Kier molecular flexibility index (Phi) is 4.19. The molecule has 1 aromatic rings. The first-order chi connectivity index (χ1) is 7.56. The van der Waals surface area contributed by atoms with Gasteiger partial charge in [-0.05, 0) is 22.9 Å². The molecule has 0 aliphatic heterocycles. The highest BCUT2D eigenvalue weighted by molar-refractivity contribution is 9.10. The van der Waals surface area contributed by atoms with E-state index in [-0.39, 0.29) is 18.6 Å². The van der Waals surface area contributed by atoms with E-state index in [9.17, 15) is 9.59 Å². The molecule has 0 bridgehead atoms. The number of nitrogens with one attached hydrogen (secondary N) is 1. The number of hydrogen-bond donors (Lipinski definition) is 1. The number of nitrogens with zero attached hydrogens (tertiary/aromatic N) is 3. The van der Waals surface area contributed by atoms with E-state index in [1.807, 2.05) is 0 Å². The summed E-state index contributed by atoms with van der Waals surface area (Å²) in [7, 11) is 0. The van der Waals surface area contributed by atoms with Crippen LogP contribution in [0.15, 0.2) is 15.5 Å². The molecule has 0 fully saturated rings. The Morgan fingerprint density at radius 3 is 3.06 bits per heavy atom. The molecule has 1 heterocycles. The van der Waals surface area contributed by atoms with E-state index in [0.717, 1.165) is 0 Å². The average molecular weight is 285 g/mol. The summed E-state index contributed by atoms with van der Waals surface area (Å²) in [5.41, 5.74) is -0.320. The minimum absolute atomic E-state index is 0.0753.